The average Bonchev–Trinajstić information content (AvgIpc) is 2.73. The van der Waals surface area contributed by atoms with Crippen LogP contribution in [0, 0.1) is 6.92 Å². The number of hydrogen-bond acceptors (Lipinski definition) is 4. The Morgan fingerprint density at radius 1 is 1.21 bits per heavy atom. The second-order valence-electron chi connectivity index (χ2n) is 6.68. The lowest BCUT2D eigenvalue weighted by Crippen LogP contribution is -2.44. The van der Waals surface area contributed by atoms with Gasteiger partial charge in [-0.05, 0) is 54.5 Å². The monoisotopic (exact) mass is 419 g/mol. The SMILES string of the molecule is COc1ccc([C@@H](CNC(=S)Nc2cccc(Cl)c2C)N2CCOCC2)cc1. The summed E-state index contributed by atoms with van der Waals surface area (Å²) in [5.74, 6) is 0.853. The van der Waals surface area contributed by atoms with Crippen molar-refractivity contribution in [3.8, 4) is 5.75 Å². The van der Waals surface area contributed by atoms with Gasteiger partial charge in [0.1, 0.15) is 5.75 Å². The Balaban J connectivity index is 1.68. The average molecular weight is 420 g/mol. The van der Waals surface area contributed by atoms with Gasteiger partial charge in [0.25, 0.3) is 0 Å². The summed E-state index contributed by atoms with van der Waals surface area (Å²) in [6.07, 6.45) is 0. The molecule has 150 valence electrons. The van der Waals surface area contributed by atoms with Crippen LogP contribution in [0.25, 0.3) is 0 Å². The molecule has 5 nitrogen and oxygen atoms in total. The number of benzene rings is 2. The van der Waals surface area contributed by atoms with E-state index >= 15 is 0 Å². The lowest BCUT2D eigenvalue weighted by molar-refractivity contribution is 0.0170. The normalized spacial score (nSPS) is 15.7. The highest BCUT2D eigenvalue weighted by Crippen LogP contribution is 2.25. The first-order chi connectivity index (χ1) is 13.6. The zero-order valence-electron chi connectivity index (χ0n) is 16.2. The van der Waals surface area contributed by atoms with Crippen LogP contribution in [0.5, 0.6) is 5.75 Å². The van der Waals surface area contributed by atoms with Gasteiger partial charge in [-0.1, -0.05) is 29.8 Å². The molecule has 7 heteroatoms. The van der Waals surface area contributed by atoms with Gasteiger partial charge in [0, 0.05) is 30.3 Å². The van der Waals surface area contributed by atoms with E-state index in [2.05, 4.69) is 27.7 Å². The topological polar surface area (TPSA) is 45.8 Å². The zero-order valence-corrected chi connectivity index (χ0v) is 17.8. The van der Waals surface area contributed by atoms with Crippen LogP contribution in [0.2, 0.25) is 5.02 Å². The fourth-order valence-corrected chi connectivity index (χ4v) is 3.64. The predicted molar refractivity (Wildman–Crippen MR) is 119 cm³/mol. The molecule has 3 rings (SSSR count). The predicted octanol–water partition coefficient (Wildman–Crippen LogP) is 4.02. The molecule has 1 heterocycles. The minimum atomic E-state index is 0.190. The molecule has 0 aliphatic carbocycles. The zero-order chi connectivity index (χ0) is 19.9. The van der Waals surface area contributed by atoms with Crippen molar-refractivity contribution in [3.05, 3.63) is 58.6 Å². The van der Waals surface area contributed by atoms with Gasteiger partial charge < -0.3 is 20.1 Å². The van der Waals surface area contributed by atoms with Crippen LogP contribution in [0.3, 0.4) is 0 Å². The van der Waals surface area contributed by atoms with E-state index < -0.39 is 0 Å². The van der Waals surface area contributed by atoms with Gasteiger partial charge in [-0.2, -0.15) is 0 Å². The molecule has 1 atom stereocenters. The van der Waals surface area contributed by atoms with Crippen molar-refractivity contribution in [2.24, 2.45) is 0 Å². The van der Waals surface area contributed by atoms with Crippen molar-refractivity contribution in [3.63, 3.8) is 0 Å². The summed E-state index contributed by atoms with van der Waals surface area (Å²) in [4.78, 5) is 2.42. The first-order valence-electron chi connectivity index (χ1n) is 9.34. The third-order valence-electron chi connectivity index (χ3n) is 4.96. The number of halogens is 1. The van der Waals surface area contributed by atoms with Gasteiger partial charge in [0.05, 0.1) is 26.4 Å². The fourth-order valence-electron chi connectivity index (χ4n) is 3.27. The second-order valence-corrected chi connectivity index (χ2v) is 7.50. The number of ether oxygens (including phenoxy) is 2. The van der Waals surface area contributed by atoms with E-state index in [9.17, 15) is 0 Å². The van der Waals surface area contributed by atoms with Crippen LogP contribution in [-0.4, -0.2) is 50.0 Å². The summed E-state index contributed by atoms with van der Waals surface area (Å²) in [6, 6.07) is 14.2. The molecule has 28 heavy (non-hydrogen) atoms. The number of nitrogens with one attached hydrogen (secondary N) is 2. The first kappa shape index (κ1) is 20.9. The van der Waals surface area contributed by atoms with Crippen LogP contribution < -0.4 is 15.4 Å². The fraction of sp³-hybridized carbons (Fsp3) is 0.381. The van der Waals surface area contributed by atoms with E-state index in [4.69, 9.17) is 33.3 Å². The molecule has 0 unspecified atom stereocenters. The Bertz CT molecular complexity index is 795. The summed E-state index contributed by atoms with van der Waals surface area (Å²) in [6.45, 7) is 5.95. The van der Waals surface area contributed by atoms with Crippen molar-refractivity contribution >= 4 is 34.6 Å². The van der Waals surface area contributed by atoms with Gasteiger partial charge >= 0.3 is 0 Å². The second kappa shape index (κ2) is 10.1. The van der Waals surface area contributed by atoms with Gasteiger partial charge in [-0.3, -0.25) is 4.90 Å². The summed E-state index contributed by atoms with van der Waals surface area (Å²) in [5, 5.41) is 7.92. The highest BCUT2D eigenvalue weighted by Gasteiger charge is 2.23. The van der Waals surface area contributed by atoms with Crippen molar-refractivity contribution in [2.45, 2.75) is 13.0 Å². The van der Waals surface area contributed by atoms with Crippen LogP contribution in [0.1, 0.15) is 17.2 Å². The molecule has 0 bridgehead atoms. The summed E-state index contributed by atoms with van der Waals surface area (Å²) in [5.41, 5.74) is 3.11. The smallest absolute Gasteiger partial charge is 0.170 e. The van der Waals surface area contributed by atoms with Crippen LogP contribution in [0.15, 0.2) is 42.5 Å². The Labute approximate surface area is 177 Å². The maximum Gasteiger partial charge on any atom is 0.170 e. The number of nitrogens with zero attached hydrogens (tertiary/aromatic N) is 1. The Kier molecular flexibility index (Phi) is 7.50. The first-order valence-corrected chi connectivity index (χ1v) is 10.1. The minimum absolute atomic E-state index is 0.190. The van der Waals surface area contributed by atoms with E-state index in [1.54, 1.807) is 7.11 Å². The number of rotatable bonds is 6. The standard InChI is InChI=1S/C21H26ClN3O2S/c1-15-18(22)4-3-5-19(15)24-21(28)23-14-20(25-10-12-27-13-11-25)16-6-8-17(26-2)9-7-16/h3-9,20H,10-14H2,1-2H3,(H2,23,24,28)/t20-/m1/s1. The van der Waals surface area contributed by atoms with Crippen molar-refractivity contribution in [1.29, 1.82) is 0 Å². The third-order valence-corrected chi connectivity index (χ3v) is 5.61. The highest BCUT2D eigenvalue weighted by atomic mass is 35.5. The number of methoxy groups -OCH3 is 1. The van der Waals surface area contributed by atoms with Crippen LogP contribution >= 0.6 is 23.8 Å². The summed E-state index contributed by atoms with van der Waals surface area (Å²) >= 11 is 11.7. The lowest BCUT2D eigenvalue weighted by atomic mass is 10.0. The minimum Gasteiger partial charge on any atom is -0.497 e. The third kappa shape index (κ3) is 5.35. The molecule has 0 spiro atoms. The molecule has 2 aromatic rings. The number of thiocarbonyl (C=S) groups is 1. The molecule has 0 aromatic heterocycles. The van der Waals surface area contributed by atoms with Crippen molar-refractivity contribution < 1.29 is 9.47 Å². The maximum atomic E-state index is 6.20. The van der Waals surface area contributed by atoms with E-state index in [0.29, 0.717) is 11.7 Å². The van der Waals surface area contributed by atoms with Crippen LogP contribution in [0.4, 0.5) is 5.69 Å². The number of anilines is 1. The van der Waals surface area contributed by atoms with Gasteiger partial charge in [0.2, 0.25) is 0 Å². The van der Waals surface area contributed by atoms with E-state index in [0.717, 1.165) is 48.3 Å². The van der Waals surface area contributed by atoms with E-state index in [1.807, 2.05) is 37.3 Å². The number of morpholine rings is 1. The maximum absolute atomic E-state index is 6.20. The molecule has 0 radical (unpaired) electrons. The quantitative estimate of drug-likeness (QED) is 0.689. The molecule has 1 aliphatic heterocycles. The molecule has 1 saturated heterocycles. The molecule has 1 fully saturated rings. The highest BCUT2D eigenvalue weighted by molar-refractivity contribution is 7.80. The summed E-state index contributed by atoms with van der Waals surface area (Å²) in [7, 11) is 1.68. The Hall–Kier alpha value is -1.86. The molecule has 1 aliphatic rings. The molecular formula is C21H26ClN3O2S. The lowest BCUT2D eigenvalue weighted by Gasteiger charge is -2.35. The Morgan fingerprint density at radius 2 is 1.93 bits per heavy atom. The van der Waals surface area contributed by atoms with Gasteiger partial charge in [-0.25, -0.2) is 0 Å². The van der Waals surface area contributed by atoms with E-state index in [1.165, 1.54) is 5.56 Å². The van der Waals surface area contributed by atoms with Crippen molar-refractivity contribution in [1.82, 2.24) is 10.2 Å². The number of hydrogen-bond donors (Lipinski definition) is 2. The molecule has 0 saturated carbocycles. The summed E-state index contributed by atoms with van der Waals surface area (Å²) < 4.78 is 10.8. The molecule has 0 amide bonds. The van der Waals surface area contributed by atoms with Gasteiger partial charge in [0.15, 0.2) is 5.11 Å². The van der Waals surface area contributed by atoms with Crippen molar-refractivity contribution in [2.75, 3.05) is 45.3 Å². The molecular weight excluding hydrogens is 394 g/mol. The van der Waals surface area contributed by atoms with E-state index in [-0.39, 0.29) is 6.04 Å². The molecule has 2 aromatic carbocycles. The van der Waals surface area contributed by atoms with Crippen LogP contribution in [-0.2, 0) is 4.74 Å². The molecule has 2 N–H and O–H groups in total. The Morgan fingerprint density at radius 3 is 2.61 bits per heavy atom. The van der Waals surface area contributed by atoms with Gasteiger partial charge in [-0.15, -0.1) is 0 Å². The largest absolute Gasteiger partial charge is 0.497 e.